The number of imide groups is 1. The zero-order valence-electron chi connectivity index (χ0n) is 17.3. The van der Waals surface area contributed by atoms with Crippen LogP contribution in [0.3, 0.4) is 0 Å². The highest BCUT2D eigenvalue weighted by Crippen LogP contribution is 2.42. The molecule has 30 heavy (non-hydrogen) atoms. The lowest BCUT2D eigenvalue weighted by Gasteiger charge is -2.18. The first-order chi connectivity index (χ1) is 14.5. The van der Waals surface area contributed by atoms with E-state index in [0.717, 1.165) is 17.7 Å². The van der Waals surface area contributed by atoms with Crippen LogP contribution in [0.1, 0.15) is 31.2 Å². The van der Waals surface area contributed by atoms with Gasteiger partial charge in [-0.3, -0.25) is 14.5 Å². The number of urea groups is 1. The van der Waals surface area contributed by atoms with Gasteiger partial charge in [-0.15, -0.1) is 0 Å². The van der Waals surface area contributed by atoms with Gasteiger partial charge in [-0.25, -0.2) is 4.79 Å². The second-order valence-corrected chi connectivity index (χ2v) is 8.47. The van der Waals surface area contributed by atoms with Crippen molar-refractivity contribution in [2.45, 2.75) is 38.1 Å². The SMILES string of the molecule is COc1ccc(CCN2C(=O)N[C@@H](CCC(=O)NC[C@H]3C[C@@H]4C=C[C@H]3C4)C2=O)cc1. The van der Waals surface area contributed by atoms with Crippen LogP contribution in [-0.4, -0.2) is 49.0 Å². The van der Waals surface area contributed by atoms with Crippen LogP contribution in [0.5, 0.6) is 5.75 Å². The average molecular weight is 412 g/mol. The number of hydrogen-bond acceptors (Lipinski definition) is 4. The largest absolute Gasteiger partial charge is 0.497 e. The summed E-state index contributed by atoms with van der Waals surface area (Å²) < 4.78 is 5.14. The minimum atomic E-state index is -0.621. The Labute approximate surface area is 176 Å². The zero-order valence-corrected chi connectivity index (χ0v) is 17.3. The summed E-state index contributed by atoms with van der Waals surface area (Å²) in [6, 6.07) is 6.55. The minimum absolute atomic E-state index is 0.0551. The van der Waals surface area contributed by atoms with E-state index in [4.69, 9.17) is 4.74 Å². The van der Waals surface area contributed by atoms with Crippen molar-refractivity contribution in [2.24, 2.45) is 17.8 Å². The van der Waals surface area contributed by atoms with Gasteiger partial charge in [0.25, 0.3) is 5.91 Å². The van der Waals surface area contributed by atoms with Crippen molar-refractivity contribution >= 4 is 17.8 Å². The number of ether oxygens (including phenoxy) is 1. The van der Waals surface area contributed by atoms with E-state index in [9.17, 15) is 14.4 Å². The number of allylic oxidation sites excluding steroid dienone is 2. The number of nitrogens with zero attached hydrogens (tertiary/aromatic N) is 1. The van der Waals surface area contributed by atoms with E-state index in [2.05, 4.69) is 22.8 Å². The van der Waals surface area contributed by atoms with Crippen molar-refractivity contribution in [1.82, 2.24) is 15.5 Å². The third-order valence-corrected chi connectivity index (χ3v) is 6.53. The van der Waals surface area contributed by atoms with Gasteiger partial charge in [-0.05, 0) is 61.1 Å². The number of fused-ring (bicyclic) bond motifs is 2. The third kappa shape index (κ3) is 4.50. The van der Waals surface area contributed by atoms with Crippen LogP contribution < -0.4 is 15.4 Å². The molecule has 0 unspecified atom stereocenters. The molecule has 7 nitrogen and oxygen atoms in total. The Morgan fingerprint density at radius 1 is 1.20 bits per heavy atom. The molecule has 4 atom stereocenters. The summed E-state index contributed by atoms with van der Waals surface area (Å²) in [5.41, 5.74) is 1.02. The highest BCUT2D eigenvalue weighted by atomic mass is 16.5. The molecule has 1 saturated carbocycles. The molecule has 0 spiro atoms. The number of methoxy groups -OCH3 is 1. The number of benzene rings is 1. The zero-order chi connectivity index (χ0) is 21.1. The van der Waals surface area contributed by atoms with Gasteiger partial charge in [0.15, 0.2) is 0 Å². The van der Waals surface area contributed by atoms with Gasteiger partial charge in [0.05, 0.1) is 7.11 Å². The number of hydrogen-bond donors (Lipinski definition) is 2. The highest BCUT2D eigenvalue weighted by molar-refractivity contribution is 6.04. The molecule has 0 radical (unpaired) electrons. The van der Waals surface area contributed by atoms with Crippen molar-refractivity contribution in [3.8, 4) is 5.75 Å². The minimum Gasteiger partial charge on any atom is -0.497 e. The lowest BCUT2D eigenvalue weighted by Crippen LogP contribution is -2.35. The fourth-order valence-corrected chi connectivity index (χ4v) is 4.76. The predicted octanol–water partition coefficient (Wildman–Crippen LogP) is 2.27. The summed E-state index contributed by atoms with van der Waals surface area (Å²) in [5, 5.41) is 5.72. The van der Waals surface area contributed by atoms with Crippen LogP contribution >= 0.6 is 0 Å². The van der Waals surface area contributed by atoms with E-state index in [1.54, 1.807) is 7.11 Å². The van der Waals surface area contributed by atoms with Gasteiger partial charge in [0.1, 0.15) is 11.8 Å². The molecule has 2 aliphatic carbocycles. The van der Waals surface area contributed by atoms with Gasteiger partial charge >= 0.3 is 6.03 Å². The first-order valence-corrected chi connectivity index (χ1v) is 10.7. The Balaban J connectivity index is 1.19. The van der Waals surface area contributed by atoms with Crippen LogP contribution in [0.4, 0.5) is 4.79 Å². The molecule has 1 heterocycles. The fraction of sp³-hybridized carbons (Fsp3) is 0.522. The monoisotopic (exact) mass is 411 g/mol. The topological polar surface area (TPSA) is 87.7 Å². The maximum atomic E-state index is 12.6. The van der Waals surface area contributed by atoms with Crippen molar-refractivity contribution < 1.29 is 19.1 Å². The molecule has 2 bridgehead atoms. The van der Waals surface area contributed by atoms with Gasteiger partial charge in [-0.2, -0.15) is 0 Å². The molecule has 2 N–H and O–H groups in total. The molecule has 2 fully saturated rings. The Morgan fingerprint density at radius 2 is 2.00 bits per heavy atom. The Kier molecular flexibility index (Phi) is 6.06. The maximum Gasteiger partial charge on any atom is 0.324 e. The van der Waals surface area contributed by atoms with E-state index in [0.29, 0.717) is 43.7 Å². The van der Waals surface area contributed by atoms with E-state index in [-0.39, 0.29) is 24.3 Å². The molecular weight excluding hydrogens is 382 g/mol. The number of amides is 4. The van der Waals surface area contributed by atoms with Gasteiger partial charge in [0, 0.05) is 19.5 Å². The Bertz CT molecular complexity index is 835. The quantitative estimate of drug-likeness (QED) is 0.482. The maximum absolute atomic E-state index is 12.6. The summed E-state index contributed by atoms with van der Waals surface area (Å²) in [7, 11) is 1.61. The van der Waals surface area contributed by atoms with Gasteiger partial charge in [0.2, 0.25) is 5.91 Å². The van der Waals surface area contributed by atoms with E-state index < -0.39 is 6.04 Å². The van der Waals surface area contributed by atoms with Crippen LogP contribution in [0.15, 0.2) is 36.4 Å². The number of nitrogens with one attached hydrogen (secondary N) is 2. The van der Waals surface area contributed by atoms with Crippen molar-refractivity contribution in [3.63, 3.8) is 0 Å². The molecule has 1 aliphatic heterocycles. The summed E-state index contributed by atoms with van der Waals surface area (Å²) >= 11 is 0. The first-order valence-electron chi connectivity index (χ1n) is 10.7. The summed E-state index contributed by atoms with van der Waals surface area (Å²) in [5.74, 6) is 2.28. The first kappa shape index (κ1) is 20.4. The van der Waals surface area contributed by atoms with Crippen LogP contribution in [0.2, 0.25) is 0 Å². The molecule has 3 aliphatic rings. The van der Waals surface area contributed by atoms with Crippen molar-refractivity contribution in [3.05, 3.63) is 42.0 Å². The second-order valence-electron chi connectivity index (χ2n) is 8.47. The van der Waals surface area contributed by atoms with Crippen LogP contribution in [-0.2, 0) is 16.0 Å². The molecule has 1 aromatic carbocycles. The smallest absolute Gasteiger partial charge is 0.324 e. The number of carbonyl (C=O) groups excluding carboxylic acids is 3. The number of rotatable bonds is 9. The Hall–Kier alpha value is -2.83. The predicted molar refractivity (Wildman–Crippen MR) is 112 cm³/mol. The summed E-state index contributed by atoms with van der Waals surface area (Å²) in [6.07, 6.45) is 8.08. The molecule has 4 amide bonds. The highest BCUT2D eigenvalue weighted by Gasteiger charge is 2.38. The summed E-state index contributed by atoms with van der Waals surface area (Å²) in [6.45, 7) is 1.01. The van der Waals surface area contributed by atoms with Crippen LogP contribution in [0.25, 0.3) is 0 Å². The average Bonchev–Trinajstić information content (AvgIpc) is 3.45. The van der Waals surface area contributed by atoms with Gasteiger partial charge in [-0.1, -0.05) is 24.3 Å². The summed E-state index contributed by atoms with van der Waals surface area (Å²) in [4.78, 5) is 38.3. The second kappa shape index (κ2) is 8.90. The van der Waals surface area contributed by atoms with Crippen molar-refractivity contribution in [1.29, 1.82) is 0 Å². The molecular formula is C23H29N3O4. The standard InChI is InChI=1S/C23H29N3O4/c1-30-19-6-3-15(4-7-19)10-11-26-22(28)20(25-23(26)29)8-9-21(27)24-14-18-13-16-2-5-17(18)12-16/h2-7,16-18,20H,8-14H2,1H3,(H,24,27)(H,25,29)/t16-,17+,18-,20+/m1/s1. The molecule has 1 saturated heterocycles. The lowest BCUT2D eigenvalue weighted by atomic mass is 9.93. The normalized spacial score (nSPS) is 26.9. The van der Waals surface area contributed by atoms with Crippen LogP contribution in [0, 0.1) is 17.8 Å². The number of carbonyl (C=O) groups is 3. The lowest BCUT2D eigenvalue weighted by molar-refractivity contribution is -0.127. The van der Waals surface area contributed by atoms with E-state index >= 15 is 0 Å². The van der Waals surface area contributed by atoms with E-state index in [1.165, 1.54) is 11.3 Å². The Morgan fingerprint density at radius 3 is 2.67 bits per heavy atom. The van der Waals surface area contributed by atoms with E-state index in [1.807, 2.05) is 24.3 Å². The third-order valence-electron chi connectivity index (χ3n) is 6.53. The van der Waals surface area contributed by atoms with Gasteiger partial charge < -0.3 is 15.4 Å². The fourth-order valence-electron chi connectivity index (χ4n) is 4.76. The molecule has 4 rings (SSSR count). The molecule has 1 aromatic rings. The molecule has 0 aromatic heterocycles. The molecule has 7 heteroatoms. The molecule has 160 valence electrons. The van der Waals surface area contributed by atoms with Crippen molar-refractivity contribution in [2.75, 3.05) is 20.2 Å².